The molecule has 11 atom stereocenters. The van der Waals surface area contributed by atoms with Gasteiger partial charge in [-0.1, -0.05) is 39.8 Å². The van der Waals surface area contributed by atoms with Gasteiger partial charge in [0.1, 0.15) is 12.7 Å². The van der Waals surface area contributed by atoms with Gasteiger partial charge in [0.05, 0.1) is 18.6 Å². The van der Waals surface area contributed by atoms with Crippen molar-refractivity contribution in [1.29, 1.82) is 0 Å². The van der Waals surface area contributed by atoms with E-state index in [0.29, 0.717) is 68.4 Å². The van der Waals surface area contributed by atoms with Crippen LogP contribution in [0.5, 0.6) is 0 Å². The average Bonchev–Trinajstić information content (AvgIpc) is 3.39. The van der Waals surface area contributed by atoms with E-state index >= 15 is 0 Å². The largest absolute Gasteiger partial charge is 0.465 e. The molecule has 0 spiro atoms. The molecule has 0 N–H and O–H groups in total. The van der Waals surface area contributed by atoms with Crippen LogP contribution in [0.15, 0.2) is 12.2 Å². The molecule has 6 aliphatic rings. The maximum Gasteiger partial charge on any atom is 0.302 e. The summed E-state index contributed by atoms with van der Waals surface area (Å²) in [6, 6.07) is 0. The normalized spacial score (nSPS) is 47.4. The number of nitrogens with zero attached hydrogens (tertiary/aromatic N) is 1. The zero-order valence-electron chi connectivity index (χ0n) is 29.2. The van der Waals surface area contributed by atoms with E-state index in [1.165, 1.54) is 19.4 Å². The molecule has 1 aliphatic heterocycles. The number of carbonyl (C=O) groups excluding carboxylic acids is 3. The Hall–Kier alpha value is -1.89. The highest BCUT2D eigenvalue weighted by Gasteiger charge is 2.72. The summed E-state index contributed by atoms with van der Waals surface area (Å²) in [5.74, 6) is 1.92. The lowest BCUT2D eigenvalue weighted by atomic mass is 9.32. The molecule has 0 bridgehead atoms. The van der Waals surface area contributed by atoms with Crippen molar-refractivity contribution in [1.82, 2.24) is 4.90 Å². The topological polar surface area (TPSA) is 82.1 Å². The molecule has 5 aliphatic carbocycles. The molecule has 0 aromatic rings. The van der Waals surface area contributed by atoms with Gasteiger partial charge in [-0.25, -0.2) is 0 Å². The average molecular weight is 626 g/mol. The van der Waals surface area contributed by atoms with Gasteiger partial charge in [-0.3, -0.25) is 14.4 Å². The summed E-state index contributed by atoms with van der Waals surface area (Å²) in [7, 11) is 0. The van der Waals surface area contributed by atoms with Crippen molar-refractivity contribution < 1.29 is 28.6 Å². The van der Waals surface area contributed by atoms with Gasteiger partial charge in [-0.2, -0.15) is 0 Å². The SMILES string of the molecule is C=C(C)[C@@H]1CC[C@]2(C(=O)N3CCOCC3)CC[C@]3(C)C(CCC4[C@@]5(C)CC[C@H](OC(C)=O)[C@@](C)(COC(C)=O)C5CC[C@]43C)C12. The number of allylic oxidation sites excluding steroid dienone is 1. The van der Waals surface area contributed by atoms with Crippen molar-refractivity contribution in [3.63, 3.8) is 0 Å². The lowest BCUT2D eigenvalue weighted by Crippen LogP contribution is -2.68. The molecule has 1 amide bonds. The monoisotopic (exact) mass is 625 g/mol. The number of hydrogen-bond acceptors (Lipinski definition) is 6. The Morgan fingerprint density at radius 3 is 2.16 bits per heavy atom. The van der Waals surface area contributed by atoms with Crippen molar-refractivity contribution in [2.45, 2.75) is 119 Å². The molecule has 5 saturated carbocycles. The first-order valence-electron chi connectivity index (χ1n) is 18.0. The zero-order valence-corrected chi connectivity index (χ0v) is 29.2. The van der Waals surface area contributed by atoms with E-state index in [-0.39, 0.29) is 39.7 Å². The van der Waals surface area contributed by atoms with Gasteiger partial charge in [-0.15, -0.1) is 0 Å². The molecule has 7 heteroatoms. The highest BCUT2D eigenvalue weighted by atomic mass is 16.6. The Morgan fingerprint density at radius 2 is 1.51 bits per heavy atom. The Morgan fingerprint density at radius 1 is 0.800 bits per heavy atom. The fourth-order valence-corrected chi connectivity index (χ4v) is 13.2. The second-order valence-electron chi connectivity index (χ2n) is 17.2. The van der Waals surface area contributed by atoms with Gasteiger partial charge in [0.25, 0.3) is 0 Å². The molecule has 0 aromatic carbocycles. The third-order valence-electron chi connectivity index (χ3n) is 15.4. The van der Waals surface area contributed by atoms with Gasteiger partial charge in [0.15, 0.2) is 0 Å². The van der Waals surface area contributed by atoms with Crippen LogP contribution in [-0.4, -0.2) is 61.8 Å². The third-order valence-corrected chi connectivity index (χ3v) is 15.4. The quantitative estimate of drug-likeness (QED) is 0.242. The number of esters is 2. The Kier molecular flexibility index (Phi) is 8.35. The minimum Gasteiger partial charge on any atom is -0.465 e. The maximum atomic E-state index is 14.6. The van der Waals surface area contributed by atoms with Gasteiger partial charge in [0.2, 0.25) is 5.91 Å². The molecule has 6 fully saturated rings. The summed E-state index contributed by atoms with van der Waals surface area (Å²) in [5.41, 5.74) is 0.864. The molecule has 6 rings (SSSR count). The summed E-state index contributed by atoms with van der Waals surface area (Å²) in [6.07, 6.45) is 10.2. The number of rotatable bonds is 5. The molecule has 7 nitrogen and oxygen atoms in total. The van der Waals surface area contributed by atoms with Crippen LogP contribution in [0, 0.1) is 56.7 Å². The van der Waals surface area contributed by atoms with Crippen molar-refractivity contribution in [3.05, 3.63) is 12.2 Å². The predicted octanol–water partition coefficient (Wildman–Crippen LogP) is 6.98. The highest BCUT2D eigenvalue weighted by molar-refractivity contribution is 5.84. The van der Waals surface area contributed by atoms with Crippen LogP contribution in [0.25, 0.3) is 0 Å². The van der Waals surface area contributed by atoms with Crippen molar-refractivity contribution in [2.75, 3.05) is 32.9 Å². The van der Waals surface area contributed by atoms with Crippen molar-refractivity contribution in [2.24, 2.45) is 56.7 Å². The van der Waals surface area contributed by atoms with Crippen LogP contribution >= 0.6 is 0 Å². The fourth-order valence-electron chi connectivity index (χ4n) is 13.2. The van der Waals surface area contributed by atoms with Crippen LogP contribution in [0.3, 0.4) is 0 Å². The number of ether oxygens (including phenoxy) is 3. The molecular weight excluding hydrogens is 566 g/mol. The van der Waals surface area contributed by atoms with Crippen LogP contribution in [0.1, 0.15) is 113 Å². The molecular formula is C38H59NO6. The number of morpholine rings is 1. The second-order valence-corrected chi connectivity index (χ2v) is 17.2. The summed E-state index contributed by atoms with van der Waals surface area (Å²) < 4.78 is 17.4. The van der Waals surface area contributed by atoms with E-state index in [2.05, 4.69) is 46.1 Å². The van der Waals surface area contributed by atoms with E-state index in [1.54, 1.807) is 0 Å². The van der Waals surface area contributed by atoms with Gasteiger partial charge in [0, 0.05) is 32.4 Å². The van der Waals surface area contributed by atoms with Crippen molar-refractivity contribution >= 4 is 17.8 Å². The van der Waals surface area contributed by atoms with Gasteiger partial charge in [-0.05, 0) is 117 Å². The molecule has 0 radical (unpaired) electrons. The number of hydrogen-bond donors (Lipinski definition) is 0. The molecule has 1 saturated heterocycles. The minimum atomic E-state index is -0.424. The Bertz CT molecular complexity index is 1230. The first-order valence-corrected chi connectivity index (χ1v) is 18.0. The van der Waals surface area contributed by atoms with E-state index in [1.807, 2.05) is 0 Å². The van der Waals surface area contributed by atoms with Gasteiger partial charge < -0.3 is 19.1 Å². The summed E-state index contributed by atoms with van der Waals surface area (Å²) in [4.78, 5) is 41.0. The Balaban J connectivity index is 1.35. The van der Waals surface area contributed by atoms with E-state index < -0.39 is 5.41 Å². The smallest absolute Gasteiger partial charge is 0.302 e. The van der Waals surface area contributed by atoms with Crippen LogP contribution < -0.4 is 0 Å². The van der Waals surface area contributed by atoms with Crippen molar-refractivity contribution in [3.8, 4) is 0 Å². The minimum absolute atomic E-state index is 0.0497. The lowest BCUT2D eigenvalue weighted by Gasteiger charge is -2.73. The van der Waals surface area contributed by atoms with Crippen LogP contribution in [-0.2, 0) is 28.6 Å². The lowest BCUT2D eigenvalue weighted by molar-refractivity contribution is -0.257. The standard InChI is InChI=1S/C38H59NO6/c1-24(2)27-11-16-38(33(42)39-19-21-43-22-20-39)18-17-36(7)28(32(27)38)9-10-30-34(5)14-13-31(45-26(4)41)35(6,23-44-25(3)40)29(34)12-15-37(30,36)8/h27-32H,1,9-23H2,2-8H3/t27-,28?,29?,30?,31-,32?,34-,35-,36+,37+,38-/m0/s1. The van der Waals surface area contributed by atoms with E-state index in [9.17, 15) is 14.4 Å². The summed E-state index contributed by atoms with van der Waals surface area (Å²) >= 11 is 0. The molecule has 0 aromatic heterocycles. The highest BCUT2D eigenvalue weighted by Crippen LogP contribution is 2.77. The molecule has 252 valence electrons. The van der Waals surface area contributed by atoms with Crippen LogP contribution in [0.4, 0.5) is 0 Å². The van der Waals surface area contributed by atoms with E-state index in [4.69, 9.17) is 14.2 Å². The number of carbonyl (C=O) groups is 3. The van der Waals surface area contributed by atoms with Gasteiger partial charge >= 0.3 is 11.9 Å². The second kappa shape index (κ2) is 11.4. The molecule has 1 heterocycles. The number of fused-ring (bicyclic) bond motifs is 7. The first-order chi connectivity index (χ1) is 21.1. The zero-order chi connectivity index (χ0) is 32.6. The summed E-state index contributed by atoms with van der Waals surface area (Å²) in [5, 5.41) is 0. The summed E-state index contributed by atoms with van der Waals surface area (Å²) in [6.45, 7) is 22.6. The third kappa shape index (κ3) is 4.78. The molecule has 4 unspecified atom stereocenters. The predicted molar refractivity (Wildman–Crippen MR) is 173 cm³/mol. The number of amides is 1. The molecule has 45 heavy (non-hydrogen) atoms. The van der Waals surface area contributed by atoms with E-state index in [0.717, 1.165) is 64.2 Å². The fraction of sp³-hybridized carbons (Fsp3) is 0.868. The Labute approximate surface area is 271 Å². The maximum absolute atomic E-state index is 14.6. The van der Waals surface area contributed by atoms with Crippen LogP contribution in [0.2, 0.25) is 0 Å². The first kappa shape index (κ1) is 33.0.